The van der Waals surface area contributed by atoms with E-state index < -0.39 is 0 Å². The number of hydrogen-bond donors (Lipinski definition) is 0. The number of carbonyl (C=O) groups is 1. The number of benzene rings is 1. The zero-order chi connectivity index (χ0) is 34.6. The van der Waals surface area contributed by atoms with E-state index in [1.54, 1.807) is 23.5 Å². The summed E-state index contributed by atoms with van der Waals surface area (Å²) in [5.74, 6) is 2.80. The van der Waals surface area contributed by atoms with Gasteiger partial charge in [-0.1, -0.05) is 13.8 Å². The highest BCUT2D eigenvalue weighted by molar-refractivity contribution is 5.74. The SMILES string of the molecule is CC(C)[C@H](C1CC(N2CCN(C(=O)N(C)C)CC2)C1)N1CC2(CCN(c3ncnnc3Oc3ccc(F)cc3-c3cncnc3C3CC3)C2)C1. The van der Waals surface area contributed by atoms with Gasteiger partial charge in [0.05, 0.1) is 5.69 Å². The summed E-state index contributed by atoms with van der Waals surface area (Å²) in [5.41, 5.74) is 2.54. The third-order valence-electron chi connectivity index (χ3n) is 11.8. The fraction of sp³-hybridized carbons (Fsp3) is 0.622. The molecule has 2 saturated carbocycles. The van der Waals surface area contributed by atoms with E-state index in [9.17, 15) is 9.18 Å². The second kappa shape index (κ2) is 13.3. The molecule has 1 spiro atoms. The fourth-order valence-electron chi connectivity index (χ4n) is 9.11. The van der Waals surface area contributed by atoms with Gasteiger partial charge in [0.15, 0.2) is 5.82 Å². The molecule has 0 N–H and O–H groups in total. The van der Waals surface area contributed by atoms with E-state index in [1.165, 1.54) is 31.3 Å². The number of likely N-dealkylation sites (tertiary alicyclic amines) is 1. The first-order valence-corrected chi connectivity index (χ1v) is 18.3. The van der Waals surface area contributed by atoms with Gasteiger partial charge >= 0.3 is 6.03 Å². The monoisotopic (exact) mass is 684 g/mol. The fourth-order valence-corrected chi connectivity index (χ4v) is 9.11. The van der Waals surface area contributed by atoms with Gasteiger partial charge in [0.25, 0.3) is 5.88 Å². The summed E-state index contributed by atoms with van der Waals surface area (Å²) in [7, 11) is 3.66. The highest BCUT2D eigenvalue weighted by atomic mass is 19.1. The van der Waals surface area contributed by atoms with Gasteiger partial charge in [-0.3, -0.25) is 9.80 Å². The lowest BCUT2D eigenvalue weighted by molar-refractivity contribution is -0.0826. The largest absolute Gasteiger partial charge is 0.434 e. The molecule has 3 aliphatic heterocycles. The molecule has 13 heteroatoms. The smallest absolute Gasteiger partial charge is 0.319 e. The summed E-state index contributed by atoms with van der Waals surface area (Å²) in [4.78, 5) is 37.1. The minimum Gasteiger partial charge on any atom is -0.434 e. The van der Waals surface area contributed by atoms with E-state index >= 15 is 0 Å². The normalized spacial score (nSPS) is 24.3. The number of rotatable bonds is 9. The number of aromatic nitrogens is 5. The van der Waals surface area contributed by atoms with E-state index in [1.807, 2.05) is 19.0 Å². The second-order valence-corrected chi connectivity index (χ2v) is 15.8. The molecule has 0 radical (unpaired) electrons. The highest BCUT2D eigenvalue weighted by Crippen LogP contribution is 2.49. The Morgan fingerprint density at radius 3 is 2.50 bits per heavy atom. The van der Waals surface area contributed by atoms with Crippen LogP contribution in [0.25, 0.3) is 11.1 Å². The van der Waals surface area contributed by atoms with Crippen molar-refractivity contribution in [3.05, 3.63) is 48.6 Å². The maximum atomic E-state index is 14.6. The van der Waals surface area contributed by atoms with Gasteiger partial charge in [0, 0.05) is 107 Å². The van der Waals surface area contributed by atoms with Crippen LogP contribution >= 0.6 is 0 Å². The zero-order valence-corrected chi connectivity index (χ0v) is 29.7. The number of ether oxygens (including phenoxy) is 1. The average Bonchev–Trinajstić information content (AvgIpc) is 3.84. The van der Waals surface area contributed by atoms with Crippen LogP contribution in [0.1, 0.15) is 57.6 Å². The van der Waals surface area contributed by atoms with E-state index in [0.29, 0.717) is 52.8 Å². The van der Waals surface area contributed by atoms with Crippen molar-refractivity contribution in [3.63, 3.8) is 0 Å². The number of hydrogen-bond acceptors (Lipinski definition) is 10. The van der Waals surface area contributed by atoms with Crippen LogP contribution in [0.4, 0.5) is 15.0 Å². The van der Waals surface area contributed by atoms with Gasteiger partial charge in [-0.05, 0) is 62.1 Å². The van der Waals surface area contributed by atoms with Crippen molar-refractivity contribution in [2.24, 2.45) is 17.3 Å². The lowest BCUT2D eigenvalue weighted by atomic mass is 9.68. The summed E-state index contributed by atoms with van der Waals surface area (Å²) in [6, 6.07) is 5.87. The van der Waals surface area contributed by atoms with E-state index in [-0.39, 0.29) is 17.3 Å². The topological polar surface area (TPSA) is 107 Å². The Morgan fingerprint density at radius 2 is 1.78 bits per heavy atom. The predicted molar refractivity (Wildman–Crippen MR) is 188 cm³/mol. The number of piperazine rings is 1. The zero-order valence-electron chi connectivity index (χ0n) is 29.7. The van der Waals surface area contributed by atoms with E-state index in [0.717, 1.165) is 82.9 Å². The Kier molecular flexibility index (Phi) is 8.83. The number of anilines is 1. The quantitative estimate of drug-likeness (QED) is 0.314. The number of carbonyl (C=O) groups excluding carboxylic acids is 1. The Hall–Kier alpha value is -3.97. The Labute approximate surface area is 294 Å². The van der Waals surface area contributed by atoms with Crippen LogP contribution in [-0.2, 0) is 0 Å². The van der Waals surface area contributed by atoms with Gasteiger partial charge in [0.1, 0.15) is 24.2 Å². The van der Waals surface area contributed by atoms with Crippen LogP contribution in [0.15, 0.2) is 37.1 Å². The first-order valence-electron chi connectivity index (χ1n) is 18.3. The maximum Gasteiger partial charge on any atom is 0.319 e. The van der Waals surface area contributed by atoms with Gasteiger partial charge in [-0.2, -0.15) is 0 Å². The molecule has 8 rings (SSSR count). The molecule has 2 aliphatic carbocycles. The molecule has 1 aromatic carbocycles. The van der Waals surface area contributed by atoms with Crippen LogP contribution in [0.3, 0.4) is 0 Å². The molecule has 2 amide bonds. The molecule has 3 saturated heterocycles. The summed E-state index contributed by atoms with van der Waals surface area (Å²) in [6.45, 7) is 12.3. The number of halogens is 1. The molecule has 12 nitrogen and oxygen atoms in total. The van der Waals surface area contributed by atoms with Crippen molar-refractivity contribution >= 4 is 11.8 Å². The van der Waals surface area contributed by atoms with Gasteiger partial charge in [-0.25, -0.2) is 24.1 Å². The van der Waals surface area contributed by atoms with Crippen LogP contribution in [-0.4, -0.2) is 129 Å². The lowest BCUT2D eigenvalue weighted by Crippen LogP contribution is -2.66. The second-order valence-electron chi connectivity index (χ2n) is 15.8. The molecule has 5 heterocycles. The molecule has 0 unspecified atom stereocenters. The summed E-state index contributed by atoms with van der Waals surface area (Å²) in [6.07, 6.45) is 10.5. The standard InChI is InChI=1S/C37H49FN10O2/c1-24(2)33(26-15-28(16-26)45-11-13-46(14-12-45)36(49)44(3)4)48-20-37(21-48)9-10-47(19-37)34-35(43-42-23-41-34)50-31-8-7-27(38)17-29(31)30-18-39-22-40-32(30)25-5-6-25/h7-8,17-18,22-26,28,33H,5-6,9-16,19-21H2,1-4H3/t26?,28?,33-/m1/s1. The molecule has 266 valence electrons. The number of nitrogens with zero attached hydrogens (tertiary/aromatic N) is 10. The van der Waals surface area contributed by atoms with Crippen molar-refractivity contribution in [2.75, 3.05) is 71.4 Å². The molecule has 5 aliphatic rings. The van der Waals surface area contributed by atoms with Crippen molar-refractivity contribution in [3.8, 4) is 22.8 Å². The number of urea groups is 1. The van der Waals surface area contributed by atoms with E-state index in [4.69, 9.17) is 4.74 Å². The Balaban J connectivity index is 0.903. The van der Waals surface area contributed by atoms with Crippen LogP contribution in [0.2, 0.25) is 0 Å². The molecule has 0 bridgehead atoms. The maximum absolute atomic E-state index is 14.6. The van der Waals surface area contributed by atoms with Gasteiger partial charge in [0.2, 0.25) is 0 Å². The van der Waals surface area contributed by atoms with Crippen molar-refractivity contribution < 1.29 is 13.9 Å². The molecule has 2 aromatic heterocycles. The minimum absolute atomic E-state index is 0.121. The molecule has 5 fully saturated rings. The van der Waals surface area contributed by atoms with Crippen LogP contribution in [0.5, 0.6) is 11.6 Å². The molecular formula is C37H49FN10O2. The summed E-state index contributed by atoms with van der Waals surface area (Å²) >= 11 is 0. The highest BCUT2D eigenvalue weighted by Gasteiger charge is 2.53. The van der Waals surface area contributed by atoms with Crippen molar-refractivity contribution in [1.29, 1.82) is 0 Å². The predicted octanol–water partition coefficient (Wildman–Crippen LogP) is 4.75. The van der Waals surface area contributed by atoms with Crippen molar-refractivity contribution in [1.82, 2.24) is 44.7 Å². The van der Waals surface area contributed by atoms with Crippen molar-refractivity contribution in [2.45, 2.75) is 64.0 Å². The first-order chi connectivity index (χ1) is 24.2. The van der Waals surface area contributed by atoms with Gasteiger partial charge in [-0.15, -0.1) is 10.2 Å². The van der Waals surface area contributed by atoms with Crippen LogP contribution < -0.4 is 9.64 Å². The first kappa shape index (κ1) is 33.2. The molecule has 50 heavy (non-hydrogen) atoms. The van der Waals surface area contributed by atoms with Crippen LogP contribution in [0, 0.1) is 23.1 Å². The van der Waals surface area contributed by atoms with Gasteiger partial charge < -0.3 is 19.4 Å². The molecular weight excluding hydrogens is 635 g/mol. The third kappa shape index (κ3) is 6.38. The van der Waals surface area contributed by atoms with E-state index in [2.05, 4.69) is 53.7 Å². The Bertz CT molecular complexity index is 1700. The number of amides is 2. The molecule has 3 aromatic rings. The summed E-state index contributed by atoms with van der Waals surface area (Å²) in [5, 5.41) is 8.44. The average molecular weight is 685 g/mol. The Morgan fingerprint density at radius 1 is 1.00 bits per heavy atom. The minimum atomic E-state index is -0.347. The molecule has 1 atom stereocenters. The lowest BCUT2D eigenvalue weighted by Gasteiger charge is -2.58. The third-order valence-corrected chi connectivity index (χ3v) is 11.8. The summed E-state index contributed by atoms with van der Waals surface area (Å²) < 4.78 is 21.0.